The number of halogens is 4. The standard InChI is InChI=1S/C19H19ClF3NO4S/c1-13-2-4-18(5-3-13)29(25,26)28-24-7-6-14(11-24)15-8-16(20)10-17(9-15)27-12-19(21,22)23/h2-5,8-10,14H,6-7,11-12H2,1H3. The fourth-order valence-electron chi connectivity index (χ4n) is 3.02. The third kappa shape index (κ3) is 6.08. The van der Waals surface area contributed by atoms with Crippen LogP contribution in [-0.4, -0.2) is 39.4 Å². The monoisotopic (exact) mass is 449 g/mol. The van der Waals surface area contributed by atoms with E-state index in [1.165, 1.54) is 29.3 Å². The molecule has 1 unspecified atom stereocenters. The van der Waals surface area contributed by atoms with Gasteiger partial charge >= 0.3 is 16.3 Å². The third-order valence-electron chi connectivity index (χ3n) is 4.43. The summed E-state index contributed by atoms with van der Waals surface area (Å²) < 4.78 is 72.0. The van der Waals surface area contributed by atoms with Crippen LogP contribution in [0.5, 0.6) is 5.75 Å². The molecule has 0 bridgehead atoms. The van der Waals surface area contributed by atoms with Crippen molar-refractivity contribution in [3.05, 3.63) is 58.6 Å². The van der Waals surface area contributed by atoms with Crippen molar-refractivity contribution in [2.24, 2.45) is 0 Å². The second kappa shape index (κ2) is 8.51. The van der Waals surface area contributed by atoms with Crippen LogP contribution in [-0.2, 0) is 14.4 Å². The summed E-state index contributed by atoms with van der Waals surface area (Å²) in [6.45, 7) is 1.03. The molecule has 3 rings (SSSR count). The van der Waals surface area contributed by atoms with Crippen molar-refractivity contribution in [3.8, 4) is 5.75 Å². The number of rotatable bonds is 6. The molecule has 2 aromatic carbocycles. The largest absolute Gasteiger partial charge is 0.484 e. The van der Waals surface area contributed by atoms with Gasteiger partial charge in [-0.1, -0.05) is 29.3 Å². The summed E-state index contributed by atoms with van der Waals surface area (Å²) in [6, 6.07) is 10.7. The average Bonchev–Trinajstić information content (AvgIpc) is 3.07. The topological polar surface area (TPSA) is 55.8 Å². The summed E-state index contributed by atoms with van der Waals surface area (Å²) in [7, 11) is -3.96. The number of ether oxygens (including phenoxy) is 1. The zero-order valence-electron chi connectivity index (χ0n) is 15.4. The molecule has 1 atom stereocenters. The summed E-state index contributed by atoms with van der Waals surface area (Å²) in [4.78, 5) is 0.0529. The first-order valence-corrected chi connectivity index (χ1v) is 10.6. The molecule has 29 heavy (non-hydrogen) atoms. The van der Waals surface area contributed by atoms with Gasteiger partial charge in [0.15, 0.2) is 6.61 Å². The highest BCUT2D eigenvalue weighted by Gasteiger charge is 2.31. The first-order chi connectivity index (χ1) is 13.5. The molecule has 0 N–H and O–H groups in total. The summed E-state index contributed by atoms with van der Waals surface area (Å²) >= 11 is 6.01. The molecule has 0 aliphatic carbocycles. The minimum atomic E-state index is -4.45. The van der Waals surface area contributed by atoms with Gasteiger partial charge in [0.2, 0.25) is 0 Å². The van der Waals surface area contributed by atoms with Crippen molar-refractivity contribution in [2.45, 2.75) is 30.3 Å². The molecular formula is C19H19ClF3NO4S. The van der Waals surface area contributed by atoms with E-state index < -0.39 is 22.9 Å². The molecule has 158 valence electrons. The Kier molecular flexibility index (Phi) is 6.42. The van der Waals surface area contributed by atoms with E-state index in [1.54, 1.807) is 18.2 Å². The Morgan fingerprint density at radius 2 is 1.86 bits per heavy atom. The molecule has 1 aliphatic heterocycles. The van der Waals surface area contributed by atoms with E-state index in [0.29, 0.717) is 18.5 Å². The lowest BCUT2D eigenvalue weighted by Crippen LogP contribution is -2.25. The fraction of sp³-hybridized carbons (Fsp3) is 0.368. The van der Waals surface area contributed by atoms with Gasteiger partial charge in [-0.3, -0.25) is 0 Å². The van der Waals surface area contributed by atoms with Crippen molar-refractivity contribution < 1.29 is 30.6 Å². The minimum Gasteiger partial charge on any atom is -0.484 e. The van der Waals surface area contributed by atoms with E-state index in [0.717, 1.165) is 5.56 Å². The number of hydrogen-bond donors (Lipinski definition) is 0. The van der Waals surface area contributed by atoms with E-state index in [2.05, 4.69) is 0 Å². The molecule has 0 radical (unpaired) electrons. The number of alkyl halides is 3. The molecule has 1 aliphatic rings. The van der Waals surface area contributed by atoms with E-state index in [-0.39, 0.29) is 28.1 Å². The van der Waals surface area contributed by atoms with Crippen LogP contribution in [0.15, 0.2) is 47.4 Å². The Morgan fingerprint density at radius 3 is 2.52 bits per heavy atom. The normalized spacial score (nSPS) is 18.2. The van der Waals surface area contributed by atoms with E-state index in [9.17, 15) is 21.6 Å². The Morgan fingerprint density at radius 1 is 1.17 bits per heavy atom. The van der Waals surface area contributed by atoms with Gasteiger partial charge in [0.25, 0.3) is 0 Å². The maximum Gasteiger partial charge on any atom is 0.422 e. The lowest BCUT2D eigenvalue weighted by atomic mass is 9.98. The highest BCUT2D eigenvalue weighted by Crippen LogP contribution is 2.33. The summed E-state index contributed by atoms with van der Waals surface area (Å²) in [5, 5.41) is 1.57. The molecule has 1 fully saturated rings. The number of hydroxylamine groups is 2. The van der Waals surface area contributed by atoms with Crippen molar-refractivity contribution in [3.63, 3.8) is 0 Å². The smallest absolute Gasteiger partial charge is 0.422 e. The zero-order valence-corrected chi connectivity index (χ0v) is 17.0. The third-order valence-corrected chi connectivity index (χ3v) is 5.91. The predicted octanol–water partition coefficient (Wildman–Crippen LogP) is 4.70. The van der Waals surface area contributed by atoms with Gasteiger partial charge in [0, 0.05) is 24.0 Å². The number of aryl methyl sites for hydroxylation is 1. The van der Waals surface area contributed by atoms with Crippen LogP contribution >= 0.6 is 11.6 Å². The first kappa shape index (κ1) is 21.9. The van der Waals surface area contributed by atoms with Crippen molar-refractivity contribution in [1.29, 1.82) is 0 Å². The molecule has 5 nitrogen and oxygen atoms in total. The van der Waals surface area contributed by atoms with E-state index in [1.807, 2.05) is 6.92 Å². The summed E-state index contributed by atoms with van der Waals surface area (Å²) in [5.74, 6) is -0.147. The number of nitrogens with zero attached hydrogens (tertiary/aromatic N) is 1. The van der Waals surface area contributed by atoms with Crippen molar-refractivity contribution in [1.82, 2.24) is 5.06 Å². The van der Waals surface area contributed by atoms with Crippen LogP contribution in [0.2, 0.25) is 5.02 Å². The molecule has 2 aromatic rings. The van der Waals surface area contributed by atoms with Crippen LogP contribution < -0.4 is 4.74 Å². The summed E-state index contributed by atoms with van der Waals surface area (Å²) in [5.41, 5.74) is 1.59. The maximum atomic E-state index is 12.4. The van der Waals surface area contributed by atoms with Gasteiger partial charge in [-0.05, 0) is 49.2 Å². The van der Waals surface area contributed by atoms with Gasteiger partial charge in [0.05, 0.1) is 4.90 Å². The Bertz CT molecular complexity index is 964. The Balaban J connectivity index is 1.67. The molecule has 0 aromatic heterocycles. The van der Waals surface area contributed by atoms with Crippen LogP contribution in [0.4, 0.5) is 13.2 Å². The highest BCUT2D eigenvalue weighted by atomic mass is 35.5. The molecule has 10 heteroatoms. The maximum absolute atomic E-state index is 12.4. The first-order valence-electron chi connectivity index (χ1n) is 8.78. The average molecular weight is 450 g/mol. The highest BCUT2D eigenvalue weighted by molar-refractivity contribution is 7.86. The second-order valence-electron chi connectivity index (χ2n) is 6.84. The molecule has 0 amide bonds. The van der Waals surface area contributed by atoms with Crippen molar-refractivity contribution in [2.75, 3.05) is 19.7 Å². The van der Waals surface area contributed by atoms with Gasteiger partial charge in [0.1, 0.15) is 5.75 Å². The molecule has 1 saturated heterocycles. The van der Waals surface area contributed by atoms with Crippen LogP contribution in [0.1, 0.15) is 23.5 Å². The van der Waals surface area contributed by atoms with E-state index >= 15 is 0 Å². The van der Waals surface area contributed by atoms with Gasteiger partial charge in [-0.2, -0.15) is 30.9 Å². The lowest BCUT2D eigenvalue weighted by molar-refractivity contribution is -0.153. The molecule has 1 heterocycles. The quantitative estimate of drug-likeness (QED) is 0.640. The fourth-order valence-corrected chi connectivity index (χ4v) is 4.23. The SMILES string of the molecule is Cc1ccc(S(=O)(=O)ON2CCC(c3cc(Cl)cc(OCC(F)(F)F)c3)C2)cc1. The van der Waals surface area contributed by atoms with Crippen LogP contribution in [0.3, 0.4) is 0 Å². The molecule has 0 spiro atoms. The molecule has 0 saturated carbocycles. The zero-order chi connectivity index (χ0) is 21.2. The Hall–Kier alpha value is -1.81. The minimum absolute atomic E-state index is 0.0106. The lowest BCUT2D eigenvalue weighted by Gasteiger charge is -2.17. The number of hydrogen-bond acceptors (Lipinski definition) is 5. The van der Waals surface area contributed by atoms with Crippen LogP contribution in [0.25, 0.3) is 0 Å². The second-order valence-corrected chi connectivity index (χ2v) is 8.80. The molecular weight excluding hydrogens is 431 g/mol. The van der Waals surface area contributed by atoms with Gasteiger partial charge < -0.3 is 4.74 Å². The van der Waals surface area contributed by atoms with Gasteiger partial charge in [-0.15, -0.1) is 0 Å². The van der Waals surface area contributed by atoms with Crippen LogP contribution in [0, 0.1) is 6.92 Å². The number of benzene rings is 2. The Labute approximate surface area is 172 Å². The summed E-state index contributed by atoms with van der Waals surface area (Å²) in [6.07, 6.45) is -3.90. The van der Waals surface area contributed by atoms with Crippen molar-refractivity contribution >= 4 is 21.7 Å². The predicted molar refractivity (Wildman–Crippen MR) is 101 cm³/mol. The van der Waals surface area contributed by atoms with Gasteiger partial charge in [-0.25, -0.2) is 0 Å². The van der Waals surface area contributed by atoms with E-state index in [4.69, 9.17) is 20.6 Å².